The van der Waals surface area contributed by atoms with Crippen LogP contribution in [0.2, 0.25) is 0 Å². The highest BCUT2D eigenvalue weighted by Crippen LogP contribution is 2.58. The van der Waals surface area contributed by atoms with Crippen molar-refractivity contribution in [1.82, 2.24) is 14.7 Å². The smallest absolute Gasteiger partial charge is 0.0178 e. The molecule has 2 spiro atoms. The van der Waals surface area contributed by atoms with Gasteiger partial charge < -0.3 is 4.90 Å². The quantitative estimate of drug-likeness (QED) is 0.689. The van der Waals surface area contributed by atoms with E-state index in [1.165, 1.54) is 52.2 Å². The molecule has 0 aromatic carbocycles. The van der Waals surface area contributed by atoms with E-state index in [1.807, 2.05) is 0 Å². The lowest BCUT2D eigenvalue weighted by atomic mass is 9.71. The summed E-state index contributed by atoms with van der Waals surface area (Å²) >= 11 is 0. The van der Waals surface area contributed by atoms with Crippen LogP contribution in [-0.2, 0) is 0 Å². The van der Waals surface area contributed by atoms with E-state index in [4.69, 9.17) is 0 Å². The number of hydrogen-bond acceptors (Lipinski definition) is 3. The monoisotopic (exact) mass is 249 g/mol. The van der Waals surface area contributed by atoms with Crippen molar-refractivity contribution in [2.75, 3.05) is 45.8 Å². The fourth-order valence-electron chi connectivity index (χ4n) is 5.52. The molecule has 0 saturated carbocycles. The van der Waals surface area contributed by atoms with Crippen LogP contribution < -0.4 is 0 Å². The Balaban J connectivity index is 1.73. The van der Waals surface area contributed by atoms with Crippen LogP contribution >= 0.6 is 0 Å². The first-order chi connectivity index (χ1) is 8.57. The Labute approximate surface area is 111 Å². The van der Waals surface area contributed by atoms with E-state index < -0.39 is 0 Å². The van der Waals surface area contributed by atoms with Crippen LogP contribution in [0.25, 0.3) is 0 Å². The van der Waals surface area contributed by atoms with Crippen molar-refractivity contribution in [3.63, 3.8) is 0 Å². The Bertz CT molecular complexity index is 323. The molecule has 5 aliphatic heterocycles. The molecule has 0 N–H and O–H groups in total. The third-order valence-electron chi connectivity index (χ3n) is 6.58. The van der Waals surface area contributed by atoms with Gasteiger partial charge in [-0.05, 0) is 26.8 Å². The van der Waals surface area contributed by atoms with E-state index in [2.05, 4.69) is 35.5 Å². The molecule has 2 atom stereocenters. The van der Waals surface area contributed by atoms with Crippen molar-refractivity contribution in [2.45, 2.75) is 39.3 Å². The van der Waals surface area contributed by atoms with Crippen molar-refractivity contribution >= 4 is 0 Å². The van der Waals surface area contributed by atoms with Crippen LogP contribution in [-0.4, -0.2) is 72.6 Å². The lowest BCUT2D eigenvalue weighted by Gasteiger charge is -2.40. The Morgan fingerprint density at radius 3 is 1.67 bits per heavy atom. The molecule has 0 aliphatic carbocycles. The second kappa shape index (κ2) is 3.50. The predicted octanol–water partition coefficient (Wildman–Crippen LogP) is 1.11. The number of hydrogen-bond donors (Lipinski definition) is 0. The van der Waals surface area contributed by atoms with Gasteiger partial charge in [-0.25, -0.2) is 0 Å². The van der Waals surface area contributed by atoms with Crippen LogP contribution in [0.4, 0.5) is 0 Å². The zero-order valence-corrected chi connectivity index (χ0v) is 12.2. The molecule has 0 radical (unpaired) electrons. The van der Waals surface area contributed by atoms with Gasteiger partial charge in [-0.3, -0.25) is 9.80 Å². The summed E-state index contributed by atoms with van der Waals surface area (Å²) in [5, 5.41) is 0. The van der Waals surface area contributed by atoms with Crippen LogP contribution in [0.15, 0.2) is 0 Å². The van der Waals surface area contributed by atoms with Gasteiger partial charge in [0.15, 0.2) is 0 Å². The first-order valence-corrected chi connectivity index (χ1v) is 7.78. The lowest BCUT2D eigenvalue weighted by molar-refractivity contribution is 0.0745. The molecular formula is C15H27N3. The van der Waals surface area contributed by atoms with Crippen molar-refractivity contribution in [2.24, 2.45) is 10.8 Å². The van der Waals surface area contributed by atoms with Crippen LogP contribution in [0.3, 0.4) is 0 Å². The van der Waals surface area contributed by atoms with Gasteiger partial charge in [0.25, 0.3) is 0 Å². The van der Waals surface area contributed by atoms with E-state index in [1.54, 1.807) is 0 Å². The van der Waals surface area contributed by atoms with E-state index in [9.17, 15) is 0 Å². The standard InChI is InChI=1S/C15H27N3/c1-4-16-6-14-8-17-9-15(14,7-16)11-18(10-14)13(3)5-12(17)2/h12-13H,4-11H2,1-3H3. The molecule has 18 heavy (non-hydrogen) atoms. The normalized spacial score (nSPS) is 58.8. The highest BCUT2D eigenvalue weighted by molar-refractivity contribution is 5.21. The Kier molecular flexibility index (Phi) is 2.27. The summed E-state index contributed by atoms with van der Waals surface area (Å²) in [5.41, 5.74) is 1.21. The molecule has 5 saturated heterocycles. The van der Waals surface area contributed by atoms with Gasteiger partial charge in [-0.2, -0.15) is 0 Å². The van der Waals surface area contributed by atoms with Gasteiger partial charge in [0, 0.05) is 62.2 Å². The average Bonchev–Trinajstić information content (AvgIpc) is 2.83. The van der Waals surface area contributed by atoms with Crippen molar-refractivity contribution in [3.05, 3.63) is 0 Å². The molecule has 3 heteroatoms. The van der Waals surface area contributed by atoms with E-state index in [-0.39, 0.29) is 0 Å². The maximum atomic E-state index is 2.82. The summed E-state index contributed by atoms with van der Waals surface area (Å²) in [5.74, 6) is 0. The number of nitrogens with zero attached hydrogens (tertiary/aromatic N) is 3. The van der Waals surface area contributed by atoms with Crippen molar-refractivity contribution in [1.29, 1.82) is 0 Å². The lowest BCUT2D eigenvalue weighted by Crippen LogP contribution is -2.50. The first-order valence-electron chi connectivity index (χ1n) is 7.78. The first kappa shape index (κ1) is 11.7. The minimum Gasteiger partial charge on any atom is -0.302 e. The van der Waals surface area contributed by atoms with E-state index in [0.717, 1.165) is 12.1 Å². The van der Waals surface area contributed by atoms with Gasteiger partial charge in [-0.1, -0.05) is 6.92 Å². The molecular weight excluding hydrogens is 222 g/mol. The molecule has 5 heterocycles. The molecule has 5 fully saturated rings. The van der Waals surface area contributed by atoms with Gasteiger partial charge in [0.05, 0.1) is 0 Å². The third-order valence-corrected chi connectivity index (χ3v) is 6.58. The zero-order chi connectivity index (χ0) is 12.5. The number of rotatable bonds is 1. The molecule has 5 aliphatic rings. The average molecular weight is 249 g/mol. The second-order valence-electron chi connectivity index (χ2n) is 7.61. The molecule has 3 nitrogen and oxygen atoms in total. The maximum absolute atomic E-state index is 2.82. The predicted molar refractivity (Wildman–Crippen MR) is 73.7 cm³/mol. The summed E-state index contributed by atoms with van der Waals surface area (Å²) in [7, 11) is 0. The highest BCUT2D eigenvalue weighted by Gasteiger charge is 2.68. The molecule has 102 valence electrons. The fourth-order valence-corrected chi connectivity index (χ4v) is 5.52. The van der Waals surface area contributed by atoms with Crippen molar-refractivity contribution in [3.8, 4) is 0 Å². The van der Waals surface area contributed by atoms with Gasteiger partial charge in [0.2, 0.25) is 0 Å². The Hall–Kier alpha value is -0.120. The minimum absolute atomic E-state index is 0.603. The molecule has 2 unspecified atom stereocenters. The van der Waals surface area contributed by atoms with Crippen LogP contribution in [0.1, 0.15) is 27.2 Å². The Morgan fingerprint density at radius 2 is 1.28 bits per heavy atom. The maximum Gasteiger partial charge on any atom is 0.0178 e. The fraction of sp³-hybridized carbons (Fsp3) is 1.00. The highest BCUT2D eigenvalue weighted by atomic mass is 15.4. The number of fused-ring (bicyclic) bond motifs is 2. The van der Waals surface area contributed by atoms with Crippen molar-refractivity contribution < 1.29 is 0 Å². The zero-order valence-electron chi connectivity index (χ0n) is 12.2. The Morgan fingerprint density at radius 1 is 0.833 bits per heavy atom. The minimum atomic E-state index is 0.603. The van der Waals surface area contributed by atoms with Gasteiger partial charge in [-0.15, -0.1) is 0 Å². The van der Waals surface area contributed by atoms with E-state index >= 15 is 0 Å². The second-order valence-corrected chi connectivity index (χ2v) is 7.61. The van der Waals surface area contributed by atoms with Gasteiger partial charge in [0.1, 0.15) is 0 Å². The molecule has 5 rings (SSSR count). The van der Waals surface area contributed by atoms with Crippen LogP contribution in [0.5, 0.6) is 0 Å². The molecule has 0 aromatic rings. The summed E-state index contributed by atoms with van der Waals surface area (Å²) in [6.45, 7) is 16.7. The van der Waals surface area contributed by atoms with Crippen LogP contribution in [0, 0.1) is 10.8 Å². The SMILES string of the molecule is CCN1CC23CN4CC2(C1)CN(C3)C(C)CC4C. The molecule has 0 aromatic heterocycles. The molecule has 4 bridgehead atoms. The molecule has 0 amide bonds. The summed E-state index contributed by atoms with van der Waals surface area (Å²) in [6.07, 6.45) is 1.36. The summed E-state index contributed by atoms with van der Waals surface area (Å²) in [4.78, 5) is 8.35. The number of likely N-dealkylation sites (tertiary alicyclic amines) is 1. The topological polar surface area (TPSA) is 9.72 Å². The van der Waals surface area contributed by atoms with E-state index in [0.29, 0.717) is 10.8 Å². The largest absolute Gasteiger partial charge is 0.302 e. The summed E-state index contributed by atoms with van der Waals surface area (Å²) < 4.78 is 0. The summed E-state index contributed by atoms with van der Waals surface area (Å²) in [6, 6.07) is 1.58. The van der Waals surface area contributed by atoms with Gasteiger partial charge >= 0.3 is 0 Å². The third kappa shape index (κ3) is 1.26.